The van der Waals surface area contributed by atoms with Crippen LogP contribution in [0.2, 0.25) is 0 Å². The van der Waals surface area contributed by atoms with Crippen molar-refractivity contribution in [3.63, 3.8) is 0 Å². The molecule has 1 N–H and O–H groups in total. The van der Waals surface area contributed by atoms with Crippen LogP contribution in [0, 0.1) is 18.3 Å². The lowest BCUT2D eigenvalue weighted by Crippen LogP contribution is -2.19. The Hall–Kier alpha value is -3.20. The van der Waals surface area contributed by atoms with Crippen molar-refractivity contribution in [2.24, 2.45) is 0 Å². The van der Waals surface area contributed by atoms with E-state index in [0.29, 0.717) is 22.5 Å². The highest BCUT2D eigenvalue weighted by Gasteiger charge is 2.22. The van der Waals surface area contributed by atoms with Crippen LogP contribution in [0.3, 0.4) is 0 Å². The molecule has 0 aliphatic heterocycles. The van der Waals surface area contributed by atoms with Gasteiger partial charge in [-0.05, 0) is 50.6 Å². The van der Waals surface area contributed by atoms with Gasteiger partial charge in [-0.25, -0.2) is 4.79 Å². The number of rotatable bonds is 4. The standard InChI is InChI=1S/C19H19N3O3/c1-12-5-6-14(10-15(12)18(24)25-4)22-17(23)13-7-8-21-16(9-13)19(2,3)11-20/h5-10H,1-4H3,(H,22,23). The van der Waals surface area contributed by atoms with Gasteiger partial charge in [0.25, 0.3) is 5.91 Å². The second-order valence-corrected chi connectivity index (χ2v) is 6.14. The number of nitrogens with zero attached hydrogens (tertiary/aromatic N) is 2. The number of hydrogen-bond donors (Lipinski definition) is 1. The number of methoxy groups -OCH3 is 1. The van der Waals surface area contributed by atoms with Crippen molar-refractivity contribution < 1.29 is 14.3 Å². The molecule has 25 heavy (non-hydrogen) atoms. The number of nitrogens with one attached hydrogen (secondary N) is 1. The molecule has 0 spiro atoms. The molecule has 0 atom stereocenters. The minimum atomic E-state index is -0.793. The van der Waals surface area contributed by atoms with E-state index in [2.05, 4.69) is 16.4 Å². The zero-order chi connectivity index (χ0) is 18.6. The predicted molar refractivity (Wildman–Crippen MR) is 93.3 cm³/mol. The molecule has 0 radical (unpaired) electrons. The van der Waals surface area contributed by atoms with E-state index in [4.69, 9.17) is 4.74 Å². The van der Waals surface area contributed by atoms with Crippen molar-refractivity contribution in [2.75, 3.05) is 12.4 Å². The fraction of sp³-hybridized carbons (Fsp3) is 0.263. The summed E-state index contributed by atoms with van der Waals surface area (Å²) < 4.78 is 4.74. The van der Waals surface area contributed by atoms with E-state index in [1.165, 1.54) is 13.3 Å². The van der Waals surface area contributed by atoms with Crippen LogP contribution < -0.4 is 5.32 Å². The summed E-state index contributed by atoms with van der Waals surface area (Å²) in [5.41, 5.74) is 1.73. The molecule has 0 saturated heterocycles. The van der Waals surface area contributed by atoms with Crippen LogP contribution in [0.4, 0.5) is 5.69 Å². The number of hydrogen-bond acceptors (Lipinski definition) is 5. The van der Waals surface area contributed by atoms with Gasteiger partial charge in [-0.3, -0.25) is 9.78 Å². The topological polar surface area (TPSA) is 92.1 Å². The maximum absolute atomic E-state index is 12.5. The lowest BCUT2D eigenvalue weighted by molar-refractivity contribution is 0.0599. The number of carbonyl (C=O) groups is 2. The fourth-order valence-corrected chi connectivity index (χ4v) is 2.20. The molecule has 1 aromatic carbocycles. The molecule has 0 unspecified atom stereocenters. The van der Waals surface area contributed by atoms with E-state index >= 15 is 0 Å². The van der Waals surface area contributed by atoms with Gasteiger partial charge in [0.15, 0.2) is 0 Å². The lowest BCUT2D eigenvalue weighted by atomic mass is 9.90. The van der Waals surface area contributed by atoms with Crippen LogP contribution in [-0.4, -0.2) is 24.0 Å². The smallest absolute Gasteiger partial charge is 0.338 e. The van der Waals surface area contributed by atoms with Gasteiger partial charge in [0, 0.05) is 17.4 Å². The lowest BCUT2D eigenvalue weighted by Gasteiger charge is -2.15. The van der Waals surface area contributed by atoms with Gasteiger partial charge >= 0.3 is 5.97 Å². The number of aromatic nitrogens is 1. The minimum absolute atomic E-state index is 0.350. The van der Waals surface area contributed by atoms with Crippen LogP contribution in [-0.2, 0) is 10.2 Å². The van der Waals surface area contributed by atoms with Gasteiger partial charge in [0.2, 0.25) is 0 Å². The molecule has 1 aromatic heterocycles. The Morgan fingerprint density at radius 2 is 1.96 bits per heavy atom. The molecule has 0 saturated carbocycles. The van der Waals surface area contributed by atoms with Crippen molar-refractivity contribution in [3.05, 3.63) is 58.9 Å². The molecule has 2 rings (SSSR count). The van der Waals surface area contributed by atoms with Crippen LogP contribution in [0.25, 0.3) is 0 Å². The van der Waals surface area contributed by atoms with E-state index in [-0.39, 0.29) is 5.91 Å². The number of ether oxygens (including phenoxy) is 1. The first kappa shape index (κ1) is 18.1. The molecule has 2 aromatic rings. The molecule has 6 nitrogen and oxygen atoms in total. The molecule has 0 aliphatic rings. The maximum atomic E-state index is 12.5. The summed E-state index contributed by atoms with van der Waals surface area (Å²) in [5, 5.41) is 12.0. The highest BCUT2D eigenvalue weighted by molar-refractivity contribution is 6.05. The Morgan fingerprint density at radius 1 is 1.24 bits per heavy atom. The third-order valence-corrected chi connectivity index (χ3v) is 3.84. The molecule has 0 aliphatic carbocycles. The molecule has 0 fully saturated rings. The van der Waals surface area contributed by atoms with Crippen LogP contribution in [0.5, 0.6) is 0 Å². The molecule has 0 bridgehead atoms. The van der Waals surface area contributed by atoms with Gasteiger partial charge in [-0.2, -0.15) is 5.26 Å². The monoisotopic (exact) mass is 337 g/mol. The average Bonchev–Trinajstić information content (AvgIpc) is 2.62. The van der Waals surface area contributed by atoms with Gasteiger partial charge < -0.3 is 10.1 Å². The first-order chi connectivity index (χ1) is 11.8. The quantitative estimate of drug-likeness (QED) is 0.865. The van der Waals surface area contributed by atoms with Crippen LogP contribution >= 0.6 is 0 Å². The Bertz CT molecular complexity index is 866. The second kappa shape index (κ2) is 7.14. The highest BCUT2D eigenvalue weighted by atomic mass is 16.5. The summed E-state index contributed by atoms with van der Waals surface area (Å²) in [6.07, 6.45) is 1.50. The van der Waals surface area contributed by atoms with Crippen LogP contribution in [0.1, 0.15) is 45.8 Å². The summed E-state index contributed by atoms with van der Waals surface area (Å²) in [5.74, 6) is -0.812. The van der Waals surface area contributed by atoms with E-state index in [1.54, 1.807) is 51.1 Å². The number of anilines is 1. The predicted octanol–water partition coefficient (Wildman–Crippen LogP) is 3.23. The Kier molecular flexibility index (Phi) is 5.18. The first-order valence-corrected chi connectivity index (χ1v) is 7.66. The number of nitriles is 1. The average molecular weight is 337 g/mol. The SMILES string of the molecule is COC(=O)c1cc(NC(=O)c2ccnc(C(C)(C)C#N)c2)ccc1C. The largest absolute Gasteiger partial charge is 0.465 e. The van der Waals surface area contributed by atoms with Crippen molar-refractivity contribution >= 4 is 17.6 Å². The van der Waals surface area contributed by atoms with E-state index < -0.39 is 11.4 Å². The first-order valence-electron chi connectivity index (χ1n) is 7.66. The van der Waals surface area contributed by atoms with Gasteiger partial charge in [-0.1, -0.05) is 6.07 Å². The third kappa shape index (κ3) is 4.01. The Balaban J connectivity index is 2.28. The summed E-state index contributed by atoms with van der Waals surface area (Å²) in [7, 11) is 1.31. The van der Waals surface area contributed by atoms with E-state index in [9.17, 15) is 14.9 Å². The number of benzene rings is 1. The molecular weight excluding hydrogens is 318 g/mol. The maximum Gasteiger partial charge on any atom is 0.338 e. The minimum Gasteiger partial charge on any atom is -0.465 e. The number of aryl methyl sites for hydroxylation is 1. The number of pyridine rings is 1. The molecule has 1 heterocycles. The Labute approximate surface area is 146 Å². The molecule has 6 heteroatoms. The van der Waals surface area contributed by atoms with Gasteiger partial charge in [-0.15, -0.1) is 0 Å². The number of esters is 1. The molecule has 1 amide bonds. The van der Waals surface area contributed by atoms with E-state index in [0.717, 1.165) is 5.56 Å². The summed E-state index contributed by atoms with van der Waals surface area (Å²) in [6, 6.07) is 10.3. The number of amides is 1. The number of carbonyl (C=O) groups excluding carboxylic acids is 2. The highest BCUT2D eigenvalue weighted by Crippen LogP contribution is 2.21. The van der Waals surface area contributed by atoms with Gasteiger partial charge in [0.1, 0.15) is 0 Å². The summed E-state index contributed by atoms with van der Waals surface area (Å²) in [6.45, 7) is 5.26. The molecular formula is C19H19N3O3. The van der Waals surface area contributed by atoms with Crippen molar-refractivity contribution in [2.45, 2.75) is 26.2 Å². The van der Waals surface area contributed by atoms with Crippen molar-refractivity contribution in [3.8, 4) is 6.07 Å². The van der Waals surface area contributed by atoms with Gasteiger partial charge in [0.05, 0.1) is 29.9 Å². The third-order valence-electron chi connectivity index (χ3n) is 3.84. The normalized spacial score (nSPS) is 10.7. The zero-order valence-electron chi connectivity index (χ0n) is 14.6. The zero-order valence-corrected chi connectivity index (χ0v) is 14.6. The summed E-state index contributed by atoms with van der Waals surface area (Å²) in [4.78, 5) is 28.4. The summed E-state index contributed by atoms with van der Waals surface area (Å²) >= 11 is 0. The van der Waals surface area contributed by atoms with Crippen molar-refractivity contribution in [1.82, 2.24) is 4.98 Å². The second-order valence-electron chi connectivity index (χ2n) is 6.14. The fourth-order valence-electron chi connectivity index (χ4n) is 2.20. The van der Waals surface area contributed by atoms with E-state index in [1.807, 2.05) is 0 Å². The Morgan fingerprint density at radius 3 is 2.60 bits per heavy atom. The molecule has 128 valence electrons. The van der Waals surface area contributed by atoms with Crippen molar-refractivity contribution in [1.29, 1.82) is 5.26 Å². The van der Waals surface area contributed by atoms with Crippen LogP contribution in [0.15, 0.2) is 36.5 Å².